The third-order valence-corrected chi connectivity index (χ3v) is 5.05. The summed E-state index contributed by atoms with van der Waals surface area (Å²) in [5.41, 5.74) is 3.97. The van der Waals surface area contributed by atoms with Gasteiger partial charge in [0, 0.05) is 11.3 Å². The molecule has 6 nitrogen and oxygen atoms in total. The second-order valence-corrected chi connectivity index (χ2v) is 7.50. The first-order valence-electron chi connectivity index (χ1n) is 10.1. The lowest BCUT2D eigenvalue weighted by Gasteiger charge is -2.29. The number of carbonyl (C=O) groups excluding carboxylic acids is 2. The van der Waals surface area contributed by atoms with Crippen molar-refractivity contribution < 1.29 is 19.1 Å². The molecule has 158 valence electrons. The highest BCUT2D eigenvalue weighted by molar-refractivity contribution is 6.05. The quantitative estimate of drug-likeness (QED) is 0.648. The van der Waals surface area contributed by atoms with Gasteiger partial charge in [0.05, 0.1) is 12.2 Å². The summed E-state index contributed by atoms with van der Waals surface area (Å²) in [5, 5.41) is 2.89. The second kappa shape index (κ2) is 8.92. The van der Waals surface area contributed by atoms with Crippen LogP contribution in [0.3, 0.4) is 0 Å². The number of aryl methyl sites for hydroxylation is 2. The number of fused-ring (bicyclic) bond motifs is 1. The minimum atomic E-state index is -0.211. The Bertz CT molecular complexity index is 1110. The molecular formula is C25H24N2O4. The Morgan fingerprint density at radius 1 is 1.03 bits per heavy atom. The van der Waals surface area contributed by atoms with Crippen molar-refractivity contribution in [2.24, 2.45) is 0 Å². The highest BCUT2D eigenvalue weighted by atomic mass is 16.5. The average Bonchev–Trinajstić information content (AvgIpc) is 2.76. The fourth-order valence-corrected chi connectivity index (χ4v) is 3.39. The van der Waals surface area contributed by atoms with Gasteiger partial charge in [-0.1, -0.05) is 29.8 Å². The second-order valence-electron chi connectivity index (χ2n) is 7.50. The van der Waals surface area contributed by atoms with Crippen molar-refractivity contribution in [3.63, 3.8) is 0 Å². The van der Waals surface area contributed by atoms with Gasteiger partial charge in [0.2, 0.25) is 0 Å². The monoisotopic (exact) mass is 416 g/mol. The molecule has 4 rings (SSSR count). The van der Waals surface area contributed by atoms with Crippen molar-refractivity contribution in [3.05, 3.63) is 83.4 Å². The van der Waals surface area contributed by atoms with Crippen LogP contribution >= 0.6 is 0 Å². The van der Waals surface area contributed by atoms with Gasteiger partial charge in [0.1, 0.15) is 18.1 Å². The lowest BCUT2D eigenvalue weighted by Crippen LogP contribution is -2.41. The van der Waals surface area contributed by atoms with E-state index < -0.39 is 0 Å². The van der Waals surface area contributed by atoms with Gasteiger partial charge in [0.15, 0.2) is 6.61 Å². The molecule has 6 heteroatoms. The molecule has 3 aromatic rings. The topological polar surface area (TPSA) is 67.9 Å². The van der Waals surface area contributed by atoms with Crippen molar-refractivity contribution >= 4 is 23.2 Å². The van der Waals surface area contributed by atoms with E-state index in [0.29, 0.717) is 35.8 Å². The first kappa shape index (κ1) is 20.5. The maximum atomic E-state index is 12.6. The zero-order valence-electron chi connectivity index (χ0n) is 17.6. The van der Waals surface area contributed by atoms with E-state index in [1.165, 1.54) is 0 Å². The smallest absolute Gasteiger partial charge is 0.265 e. The number of carbonyl (C=O) groups is 2. The summed E-state index contributed by atoms with van der Waals surface area (Å²) in [6.45, 7) is 4.67. The van der Waals surface area contributed by atoms with Gasteiger partial charge in [-0.15, -0.1) is 0 Å². The molecule has 0 saturated carbocycles. The Morgan fingerprint density at radius 2 is 1.84 bits per heavy atom. The number of ether oxygens (including phenoxy) is 2. The standard InChI is InChI=1S/C25H24N2O4/c1-17-6-8-19(9-7-17)25(29)26-20-10-11-23-22(15-20)27(24(28)16-31-23)12-13-30-21-5-3-4-18(2)14-21/h3-11,14-15H,12-13,16H2,1-2H3,(H,26,29). The van der Waals surface area contributed by atoms with Crippen molar-refractivity contribution in [1.29, 1.82) is 0 Å². The predicted octanol–water partition coefficient (Wildman–Crippen LogP) is 4.36. The van der Waals surface area contributed by atoms with E-state index in [2.05, 4.69) is 5.32 Å². The number of anilines is 2. The Labute approximate surface area is 181 Å². The number of rotatable bonds is 6. The molecule has 3 aromatic carbocycles. The third-order valence-electron chi connectivity index (χ3n) is 5.05. The van der Waals surface area contributed by atoms with E-state index >= 15 is 0 Å². The summed E-state index contributed by atoms with van der Waals surface area (Å²) in [6, 6.07) is 20.4. The van der Waals surface area contributed by atoms with Gasteiger partial charge >= 0.3 is 0 Å². The molecule has 1 aliphatic heterocycles. The number of hydrogen-bond acceptors (Lipinski definition) is 4. The lowest BCUT2D eigenvalue weighted by atomic mass is 10.1. The van der Waals surface area contributed by atoms with Gasteiger partial charge in [-0.3, -0.25) is 9.59 Å². The van der Waals surface area contributed by atoms with Crippen LogP contribution in [0.15, 0.2) is 66.7 Å². The minimum absolute atomic E-state index is 0.0213. The van der Waals surface area contributed by atoms with Gasteiger partial charge < -0.3 is 19.7 Å². The molecule has 2 amide bonds. The van der Waals surface area contributed by atoms with Crippen molar-refractivity contribution in [3.8, 4) is 11.5 Å². The van der Waals surface area contributed by atoms with Crippen LogP contribution < -0.4 is 19.7 Å². The van der Waals surface area contributed by atoms with Crippen LogP contribution in [0.25, 0.3) is 0 Å². The summed E-state index contributed by atoms with van der Waals surface area (Å²) in [6.07, 6.45) is 0. The molecule has 1 N–H and O–H groups in total. The third kappa shape index (κ3) is 4.86. The van der Waals surface area contributed by atoms with E-state index in [4.69, 9.17) is 9.47 Å². The van der Waals surface area contributed by atoms with Gasteiger partial charge in [-0.25, -0.2) is 0 Å². The number of nitrogens with zero attached hydrogens (tertiary/aromatic N) is 1. The summed E-state index contributed by atoms with van der Waals surface area (Å²) in [7, 11) is 0. The molecule has 1 heterocycles. The maximum Gasteiger partial charge on any atom is 0.265 e. The molecule has 0 atom stereocenters. The number of nitrogens with one attached hydrogen (secondary N) is 1. The zero-order chi connectivity index (χ0) is 21.8. The summed E-state index contributed by atoms with van der Waals surface area (Å²) in [4.78, 5) is 26.7. The largest absolute Gasteiger partial charge is 0.492 e. The molecule has 0 unspecified atom stereocenters. The average molecular weight is 416 g/mol. The number of amides is 2. The van der Waals surface area contributed by atoms with Crippen LogP contribution in [0.2, 0.25) is 0 Å². The van der Waals surface area contributed by atoms with Crippen LogP contribution in [-0.2, 0) is 4.79 Å². The molecule has 0 radical (unpaired) electrons. The molecule has 0 spiro atoms. The number of hydrogen-bond donors (Lipinski definition) is 1. The normalized spacial score (nSPS) is 12.7. The van der Waals surface area contributed by atoms with Gasteiger partial charge in [-0.2, -0.15) is 0 Å². The maximum absolute atomic E-state index is 12.6. The Kier molecular flexibility index (Phi) is 5.89. The fraction of sp³-hybridized carbons (Fsp3) is 0.200. The van der Waals surface area contributed by atoms with Crippen LogP contribution in [-0.4, -0.2) is 31.6 Å². The molecule has 0 fully saturated rings. The van der Waals surface area contributed by atoms with E-state index in [0.717, 1.165) is 16.9 Å². The van der Waals surface area contributed by atoms with E-state index in [-0.39, 0.29) is 18.4 Å². The molecule has 1 aliphatic rings. The van der Waals surface area contributed by atoms with E-state index in [1.54, 1.807) is 35.2 Å². The molecule has 0 bridgehead atoms. The molecule has 31 heavy (non-hydrogen) atoms. The van der Waals surface area contributed by atoms with E-state index in [9.17, 15) is 9.59 Å². The van der Waals surface area contributed by atoms with Crippen LogP contribution in [0.5, 0.6) is 11.5 Å². The molecular weight excluding hydrogens is 392 g/mol. The molecule has 0 aromatic heterocycles. The Morgan fingerprint density at radius 3 is 2.61 bits per heavy atom. The number of benzene rings is 3. The summed E-state index contributed by atoms with van der Waals surface area (Å²) < 4.78 is 11.4. The highest BCUT2D eigenvalue weighted by Crippen LogP contribution is 2.34. The minimum Gasteiger partial charge on any atom is -0.492 e. The van der Waals surface area contributed by atoms with E-state index in [1.807, 2.05) is 50.2 Å². The SMILES string of the molecule is Cc1ccc(C(=O)Nc2ccc3c(c2)N(CCOc2cccc(C)c2)C(=O)CO3)cc1. The summed E-state index contributed by atoms with van der Waals surface area (Å²) >= 11 is 0. The highest BCUT2D eigenvalue weighted by Gasteiger charge is 2.26. The lowest BCUT2D eigenvalue weighted by molar-refractivity contribution is -0.121. The van der Waals surface area contributed by atoms with Gasteiger partial charge in [-0.05, 0) is 61.9 Å². The molecule has 0 aliphatic carbocycles. The first-order valence-corrected chi connectivity index (χ1v) is 10.1. The molecule has 0 saturated heterocycles. The Balaban J connectivity index is 1.47. The van der Waals surface area contributed by atoms with Crippen molar-refractivity contribution in [1.82, 2.24) is 0 Å². The van der Waals surface area contributed by atoms with Crippen LogP contribution in [0.1, 0.15) is 21.5 Å². The van der Waals surface area contributed by atoms with Crippen molar-refractivity contribution in [2.75, 3.05) is 30.0 Å². The summed E-state index contributed by atoms with van der Waals surface area (Å²) in [5.74, 6) is 1.00. The van der Waals surface area contributed by atoms with Crippen LogP contribution in [0, 0.1) is 13.8 Å². The Hall–Kier alpha value is -3.80. The van der Waals surface area contributed by atoms with Gasteiger partial charge in [0.25, 0.3) is 11.8 Å². The van der Waals surface area contributed by atoms with Crippen molar-refractivity contribution in [2.45, 2.75) is 13.8 Å². The first-order chi connectivity index (χ1) is 15.0. The fourth-order valence-electron chi connectivity index (χ4n) is 3.39. The zero-order valence-corrected chi connectivity index (χ0v) is 17.6. The van der Waals surface area contributed by atoms with Crippen LogP contribution in [0.4, 0.5) is 11.4 Å². The predicted molar refractivity (Wildman–Crippen MR) is 120 cm³/mol.